The molecule has 0 radical (unpaired) electrons. The second kappa shape index (κ2) is 4.20. The quantitative estimate of drug-likeness (QED) is 0.339. The first-order chi connectivity index (χ1) is 5.33. The molecule has 0 aromatic heterocycles. The summed E-state index contributed by atoms with van der Waals surface area (Å²) in [6.07, 6.45) is 0. The van der Waals surface area contributed by atoms with Crippen LogP contribution < -0.4 is 0 Å². The normalized spacial score (nSPS) is 8.82. The summed E-state index contributed by atoms with van der Waals surface area (Å²) < 4.78 is 1.19. The van der Waals surface area contributed by atoms with Gasteiger partial charge in [0.2, 0.25) is 0 Å². The Balaban J connectivity index is 2.73. The van der Waals surface area contributed by atoms with E-state index in [1.807, 2.05) is 24.3 Å². The highest BCUT2D eigenvalue weighted by Crippen LogP contribution is 2.07. The Bertz CT molecular complexity index is 274. The molecule has 11 heavy (non-hydrogen) atoms. The lowest BCUT2D eigenvalue weighted by Crippen LogP contribution is -1.78. The van der Waals surface area contributed by atoms with Crippen molar-refractivity contribution < 1.29 is 0 Å². The monoisotopic (exact) mass is 259 g/mol. The van der Waals surface area contributed by atoms with Gasteiger partial charge >= 0.3 is 0 Å². The molecule has 56 valence electrons. The van der Waals surface area contributed by atoms with Gasteiger partial charge in [0.05, 0.1) is 6.54 Å². The summed E-state index contributed by atoms with van der Waals surface area (Å²) in [6.45, 7) is 0.438. The van der Waals surface area contributed by atoms with Gasteiger partial charge < -0.3 is 0 Å². The summed E-state index contributed by atoms with van der Waals surface area (Å²) >= 11 is 2.23. The summed E-state index contributed by atoms with van der Waals surface area (Å²) in [7, 11) is 0. The zero-order valence-corrected chi connectivity index (χ0v) is 7.89. The summed E-state index contributed by atoms with van der Waals surface area (Å²) in [6, 6.07) is 7.89. The molecule has 0 saturated heterocycles. The highest BCUT2D eigenvalue weighted by Gasteiger charge is 1.88. The van der Waals surface area contributed by atoms with Crippen molar-refractivity contribution in [1.82, 2.24) is 0 Å². The summed E-state index contributed by atoms with van der Waals surface area (Å²) in [5.74, 6) is 0. The van der Waals surface area contributed by atoms with Crippen LogP contribution >= 0.6 is 22.6 Å². The fourth-order valence-electron chi connectivity index (χ4n) is 0.703. The van der Waals surface area contributed by atoms with E-state index in [0.29, 0.717) is 6.54 Å². The van der Waals surface area contributed by atoms with Gasteiger partial charge in [-0.15, -0.1) is 0 Å². The second-order valence-electron chi connectivity index (χ2n) is 2.02. The molecule has 3 nitrogen and oxygen atoms in total. The van der Waals surface area contributed by atoms with Crippen LogP contribution in [-0.4, -0.2) is 0 Å². The molecular formula is C7H6IN3. The van der Waals surface area contributed by atoms with Crippen molar-refractivity contribution in [2.45, 2.75) is 6.54 Å². The number of rotatable bonds is 2. The van der Waals surface area contributed by atoms with E-state index in [0.717, 1.165) is 5.56 Å². The number of benzene rings is 1. The van der Waals surface area contributed by atoms with Gasteiger partial charge in [0.1, 0.15) is 0 Å². The van der Waals surface area contributed by atoms with E-state index in [4.69, 9.17) is 5.53 Å². The molecular weight excluding hydrogens is 253 g/mol. The number of halogens is 1. The largest absolute Gasteiger partial charge is 0.0893 e. The Hall–Kier alpha value is -0.740. The van der Waals surface area contributed by atoms with E-state index in [2.05, 4.69) is 32.6 Å². The average Bonchev–Trinajstić information content (AvgIpc) is 2.04. The van der Waals surface area contributed by atoms with Crippen LogP contribution in [0.25, 0.3) is 10.4 Å². The molecule has 0 bridgehead atoms. The first-order valence-electron chi connectivity index (χ1n) is 3.08. The number of hydrogen-bond acceptors (Lipinski definition) is 1. The molecule has 0 fully saturated rings. The van der Waals surface area contributed by atoms with E-state index in [1.54, 1.807) is 0 Å². The lowest BCUT2D eigenvalue weighted by molar-refractivity contribution is 1.05. The molecule has 1 rings (SSSR count). The fraction of sp³-hybridized carbons (Fsp3) is 0.143. The Morgan fingerprint density at radius 1 is 1.36 bits per heavy atom. The number of nitrogens with zero attached hydrogens (tertiary/aromatic N) is 3. The Morgan fingerprint density at radius 3 is 2.55 bits per heavy atom. The van der Waals surface area contributed by atoms with Crippen molar-refractivity contribution in [2.75, 3.05) is 0 Å². The minimum atomic E-state index is 0.438. The molecule has 4 heteroatoms. The maximum atomic E-state index is 8.04. The van der Waals surface area contributed by atoms with E-state index in [9.17, 15) is 0 Å². The molecule has 0 heterocycles. The van der Waals surface area contributed by atoms with Gasteiger partial charge in [-0.25, -0.2) is 0 Å². The SMILES string of the molecule is [N-]=[N+]=NCc1ccc(I)cc1. The molecule has 0 aliphatic carbocycles. The van der Waals surface area contributed by atoms with Crippen LogP contribution in [0.1, 0.15) is 5.56 Å². The molecule has 0 amide bonds. The van der Waals surface area contributed by atoms with E-state index in [1.165, 1.54) is 3.57 Å². The topological polar surface area (TPSA) is 48.8 Å². The standard InChI is InChI=1S/C7H6IN3/c8-7-3-1-6(2-4-7)5-10-11-9/h1-4H,5H2. The van der Waals surface area contributed by atoms with Crippen LogP contribution in [0.3, 0.4) is 0 Å². The lowest BCUT2D eigenvalue weighted by atomic mass is 10.2. The zero-order valence-electron chi connectivity index (χ0n) is 5.74. The predicted octanol–water partition coefficient (Wildman–Crippen LogP) is 3.10. The number of hydrogen-bond donors (Lipinski definition) is 0. The van der Waals surface area contributed by atoms with Gasteiger partial charge in [-0.3, -0.25) is 0 Å². The Kier molecular flexibility index (Phi) is 3.19. The van der Waals surface area contributed by atoms with Crippen LogP contribution in [0, 0.1) is 3.57 Å². The highest BCUT2D eigenvalue weighted by molar-refractivity contribution is 14.1. The van der Waals surface area contributed by atoms with Gasteiger partial charge in [-0.1, -0.05) is 17.2 Å². The fourth-order valence-corrected chi connectivity index (χ4v) is 1.06. The molecule has 0 unspecified atom stereocenters. The van der Waals surface area contributed by atoms with Crippen molar-refractivity contribution in [3.8, 4) is 0 Å². The van der Waals surface area contributed by atoms with Gasteiger partial charge in [0, 0.05) is 8.48 Å². The first-order valence-corrected chi connectivity index (χ1v) is 4.16. The van der Waals surface area contributed by atoms with E-state index >= 15 is 0 Å². The lowest BCUT2D eigenvalue weighted by Gasteiger charge is -1.93. The third-order valence-corrected chi connectivity index (χ3v) is 1.95. The summed E-state index contributed by atoms with van der Waals surface area (Å²) in [4.78, 5) is 2.68. The third-order valence-electron chi connectivity index (χ3n) is 1.23. The minimum Gasteiger partial charge on any atom is -0.0893 e. The average molecular weight is 259 g/mol. The third kappa shape index (κ3) is 2.78. The highest BCUT2D eigenvalue weighted by atomic mass is 127. The van der Waals surface area contributed by atoms with Crippen molar-refractivity contribution >= 4 is 22.6 Å². The van der Waals surface area contributed by atoms with Crippen LogP contribution in [0.2, 0.25) is 0 Å². The van der Waals surface area contributed by atoms with Crippen molar-refractivity contribution in [3.63, 3.8) is 0 Å². The molecule has 1 aromatic carbocycles. The maximum absolute atomic E-state index is 8.04. The molecule has 0 N–H and O–H groups in total. The molecule has 0 spiro atoms. The van der Waals surface area contributed by atoms with Crippen LogP contribution in [0.4, 0.5) is 0 Å². The molecule has 0 aliphatic rings. The van der Waals surface area contributed by atoms with Crippen molar-refractivity contribution in [1.29, 1.82) is 0 Å². The van der Waals surface area contributed by atoms with E-state index < -0.39 is 0 Å². The second-order valence-corrected chi connectivity index (χ2v) is 3.26. The van der Waals surface area contributed by atoms with Crippen LogP contribution in [0.5, 0.6) is 0 Å². The van der Waals surface area contributed by atoms with Gasteiger partial charge in [0.25, 0.3) is 0 Å². The maximum Gasteiger partial charge on any atom is 0.0510 e. The van der Waals surface area contributed by atoms with Gasteiger partial charge in [0.15, 0.2) is 0 Å². The molecule has 1 aromatic rings. The number of azide groups is 1. The zero-order chi connectivity index (χ0) is 8.10. The molecule has 0 saturated carbocycles. The molecule has 0 atom stereocenters. The van der Waals surface area contributed by atoms with Gasteiger partial charge in [-0.05, 0) is 45.8 Å². The Morgan fingerprint density at radius 2 is 2.00 bits per heavy atom. The first kappa shape index (κ1) is 8.36. The van der Waals surface area contributed by atoms with Gasteiger partial charge in [-0.2, -0.15) is 0 Å². The summed E-state index contributed by atoms with van der Waals surface area (Å²) in [5.41, 5.74) is 9.08. The Labute approximate surface area is 78.2 Å². The smallest absolute Gasteiger partial charge is 0.0510 e. The molecule has 0 aliphatic heterocycles. The van der Waals surface area contributed by atoms with Crippen LogP contribution in [0.15, 0.2) is 29.4 Å². The van der Waals surface area contributed by atoms with E-state index in [-0.39, 0.29) is 0 Å². The van der Waals surface area contributed by atoms with Crippen molar-refractivity contribution in [3.05, 3.63) is 43.8 Å². The van der Waals surface area contributed by atoms with Crippen LogP contribution in [-0.2, 0) is 6.54 Å². The predicted molar refractivity (Wildman–Crippen MR) is 52.0 cm³/mol. The van der Waals surface area contributed by atoms with Crippen molar-refractivity contribution in [2.24, 2.45) is 5.11 Å². The summed E-state index contributed by atoms with van der Waals surface area (Å²) in [5, 5.41) is 3.45. The minimum absolute atomic E-state index is 0.438.